The van der Waals surface area contributed by atoms with Crippen LogP contribution in [-0.4, -0.2) is 21.2 Å². The highest BCUT2D eigenvalue weighted by Crippen LogP contribution is 2.26. The van der Waals surface area contributed by atoms with Crippen molar-refractivity contribution >= 4 is 40.8 Å². The third kappa shape index (κ3) is 4.94. The Bertz CT molecular complexity index is 1020. The van der Waals surface area contributed by atoms with Gasteiger partial charge in [0.1, 0.15) is 5.82 Å². The number of benzene rings is 2. The monoisotopic (exact) mass is 414 g/mol. The fraction of sp³-hybridized carbons (Fsp3) is 0.150. The molecular formula is C20H19ClN4O2S. The maximum atomic E-state index is 12.3. The minimum absolute atomic E-state index is 0.0834. The van der Waals surface area contributed by atoms with Gasteiger partial charge in [-0.1, -0.05) is 53.7 Å². The zero-order valence-corrected chi connectivity index (χ0v) is 16.7. The average molecular weight is 415 g/mol. The number of hydrogen-bond donors (Lipinski definition) is 2. The highest BCUT2D eigenvalue weighted by molar-refractivity contribution is 7.99. The standard InChI is InChI=1S/C20H19ClN4O2S/c1-13(14-5-3-2-4-6-14)25-17(22)11-18(26)24-20(25)28-12-19(27)23-16-9-7-15(21)8-10-16/h2-11,13H,12,22H2,1H3,(H,23,27). The molecule has 1 heterocycles. The van der Waals surface area contributed by atoms with Crippen LogP contribution in [0.25, 0.3) is 0 Å². The lowest BCUT2D eigenvalue weighted by molar-refractivity contribution is -0.113. The Hall–Kier alpha value is -2.77. The number of nitrogens with zero attached hydrogens (tertiary/aromatic N) is 2. The molecule has 3 aromatic rings. The Balaban J connectivity index is 1.78. The molecule has 3 rings (SSSR count). The summed E-state index contributed by atoms with van der Waals surface area (Å²) < 4.78 is 1.76. The van der Waals surface area contributed by atoms with Gasteiger partial charge in [0.15, 0.2) is 5.16 Å². The van der Waals surface area contributed by atoms with Gasteiger partial charge >= 0.3 is 0 Å². The van der Waals surface area contributed by atoms with Crippen molar-refractivity contribution in [2.45, 2.75) is 18.1 Å². The van der Waals surface area contributed by atoms with Gasteiger partial charge in [0.2, 0.25) is 5.91 Å². The molecule has 0 aliphatic heterocycles. The van der Waals surface area contributed by atoms with E-state index in [0.717, 1.165) is 17.3 Å². The number of anilines is 2. The zero-order valence-electron chi connectivity index (χ0n) is 15.1. The average Bonchev–Trinajstić information content (AvgIpc) is 2.68. The number of carbonyl (C=O) groups is 1. The number of nitrogens with one attached hydrogen (secondary N) is 1. The predicted molar refractivity (Wildman–Crippen MR) is 114 cm³/mol. The van der Waals surface area contributed by atoms with Gasteiger partial charge in [-0.3, -0.25) is 14.2 Å². The predicted octanol–water partition coefficient (Wildman–Crippen LogP) is 3.82. The van der Waals surface area contributed by atoms with E-state index in [4.69, 9.17) is 17.3 Å². The molecule has 1 amide bonds. The molecule has 0 saturated heterocycles. The minimum atomic E-state index is -0.436. The van der Waals surface area contributed by atoms with Gasteiger partial charge in [-0.2, -0.15) is 4.98 Å². The molecule has 1 aromatic heterocycles. The summed E-state index contributed by atoms with van der Waals surface area (Å²) in [5, 5.41) is 3.77. The van der Waals surface area contributed by atoms with Crippen molar-refractivity contribution in [2.24, 2.45) is 0 Å². The Morgan fingerprint density at radius 3 is 2.57 bits per heavy atom. The van der Waals surface area contributed by atoms with Crippen LogP contribution in [0, 0.1) is 0 Å². The van der Waals surface area contributed by atoms with E-state index in [9.17, 15) is 9.59 Å². The number of carbonyl (C=O) groups excluding carboxylic acids is 1. The van der Waals surface area contributed by atoms with Crippen LogP contribution in [0.15, 0.2) is 70.6 Å². The third-order valence-corrected chi connectivity index (χ3v) is 5.30. The molecule has 3 N–H and O–H groups in total. The molecule has 2 aromatic carbocycles. The fourth-order valence-corrected chi connectivity index (χ4v) is 3.73. The summed E-state index contributed by atoms with van der Waals surface area (Å²) in [5.41, 5.74) is 7.33. The molecule has 1 unspecified atom stereocenters. The minimum Gasteiger partial charge on any atom is -0.385 e. The Labute approximate surface area is 171 Å². The summed E-state index contributed by atoms with van der Waals surface area (Å²) in [4.78, 5) is 28.2. The van der Waals surface area contributed by atoms with Crippen LogP contribution in [-0.2, 0) is 4.79 Å². The van der Waals surface area contributed by atoms with E-state index in [1.54, 1.807) is 28.8 Å². The van der Waals surface area contributed by atoms with E-state index in [2.05, 4.69) is 10.3 Å². The van der Waals surface area contributed by atoms with E-state index in [1.165, 1.54) is 6.07 Å². The summed E-state index contributed by atoms with van der Waals surface area (Å²) >= 11 is 7.01. The van der Waals surface area contributed by atoms with Gasteiger partial charge in [-0.05, 0) is 36.8 Å². The number of amides is 1. The van der Waals surface area contributed by atoms with Crippen LogP contribution < -0.4 is 16.6 Å². The van der Waals surface area contributed by atoms with Crippen molar-refractivity contribution in [3.63, 3.8) is 0 Å². The number of rotatable bonds is 6. The van der Waals surface area contributed by atoms with E-state index in [-0.39, 0.29) is 17.7 Å². The number of aromatic nitrogens is 2. The van der Waals surface area contributed by atoms with Crippen LogP contribution >= 0.6 is 23.4 Å². The third-order valence-electron chi connectivity index (χ3n) is 4.09. The lowest BCUT2D eigenvalue weighted by Crippen LogP contribution is -2.22. The number of thioether (sulfide) groups is 1. The Morgan fingerprint density at radius 2 is 1.89 bits per heavy atom. The maximum absolute atomic E-state index is 12.3. The van der Waals surface area contributed by atoms with Gasteiger partial charge in [0.25, 0.3) is 5.56 Å². The van der Waals surface area contributed by atoms with Crippen molar-refractivity contribution in [1.29, 1.82) is 0 Å². The fourth-order valence-electron chi connectivity index (χ4n) is 2.72. The summed E-state index contributed by atoms with van der Waals surface area (Å²) in [6, 6.07) is 17.7. The molecule has 0 fully saturated rings. The second-order valence-electron chi connectivity index (χ2n) is 6.10. The first-order valence-electron chi connectivity index (χ1n) is 8.56. The van der Waals surface area contributed by atoms with Crippen LogP contribution in [0.2, 0.25) is 5.02 Å². The molecule has 0 bridgehead atoms. The van der Waals surface area contributed by atoms with Crippen molar-refractivity contribution in [1.82, 2.24) is 9.55 Å². The van der Waals surface area contributed by atoms with E-state index in [1.807, 2.05) is 37.3 Å². The van der Waals surface area contributed by atoms with Gasteiger partial charge in [0, 0.05) is 16.8 Å². The van der Waals surface area contributed by atoms with Crippen molar-refractivity contribution < 1.29 is 4.79 Å². The van der Waals surface area contributed by atoms with Gasteiger partial charge in [-0.25, -0.2) is 0 Å². The van der Waals surface area contributed by atoms with Gasteiger partial charge in [0.05, 0.1) is 11.8 Å². The summed E-state index contributed by atoms with van der Waals surface area (Å²) in [6.45, 7) is 1.97. The molecule has 6 nitrogen and oxygen atoms in total. The summed E-state index contributed by atoms with van der Waals surface area (Å²) in [7, 11) is 0. The van der Waals surface area contributed by atoms with Crippen LogP contribution in [0.3, 0.4) is 0 Å². The van der Waals surface area contributed by atoms with Gasteiger partial charge < -0.3 is 11.1 Å². The topological polar surface area (TPSA) is 90.0 Å². The molecule has 1 atom stereocenters. The molecule has 0 saturated carbocycles. The first kappa shape index (κ1) is 20.0. The molecule has 8 heteroatoms. The number of hydrogen-bond acceptors (Lipinski definition) is 5. The number of nitrogens with two attached hydrogens (primary N) is 1. The first-order valence-corrected chi connectivity index (χ1v) is 9.92. The summed E-state index contributed by atoms with van der Waals surface area (Å²) in [5.74, 6) is 0.167. The quantitative estimate of drug-likeness (QED) is 0.472. The molecule has 144 valence electrons. The van der Waals surface area contributed by atoms with E-state index in [0.29, 0.717) is 21.7 Å². The maximum Gasteiger partial charge on any atom is 0.275 e. The highest BCUT2D eigenvalue weighted by Gasteiger charge is 2.17. The Kier molecular flexibility index (Phi) is 6.38. The van der Waals surface area contributed by atoms with Crippen LogP contribution in [0.1, 0.15) is 18.5 Å². The molecular weight excluding hydrogens is 396 g/mol. The normalized spacial score (nSPS) is 11.8. The molecule has 0 aliphatic rings. The second-order valence-corrected chi connectivity index (χ2v) is 7.48. The Morgan fingerprint density at radius 1 is 1.21 bits per heavy atom. The van der Waals surface area contributed by atoms with E-state index < -0.39 is 5.56 Å². The summed E-state index contributed by atoms with van der Waals surface area (Å²) in [6.07, 6.45) is 0. The second kappa shape index (κ2) is 8.95. The lowest BCUT2D eigenvalue weighted by atomic mass is 10.1. The SMILES string of the molecule is CC(c1ccccc1)n1c(N)cc(=O)nc1SCC(=O)Nc1ccc(Cl)cc1. The van der Waals surface area contributed by atoms with Crippen molar-refractivity contribution in [3.05, 3.63) is 81.6 Å². The van der Waals surface area contributed by atoms with E-state index >= 15 is 0 Å². The van der Waals surface area contributed by atoms with Gasteiger partial charge in [-0.15, -0.1) is 0 Å². The first-order chi connectivity index (χ1) is 13.4. The zero-order chi connectivity index (χ0) is 20.1. The highest BCUT2D eigenvalue weighted by atomic mass is 35.5. The number of nitrogen functional groups attached to an aromatic ring is 1. The smallest absolute Gasteiger partial charge is 0.275 e. The molecule has 0 aliphatic carbocycles. The molecule has 0 spiro atoms. The largest absolute Gasteiger partial charge is 0.385 e. The molecule has 28 heavy (non-hydrogen) atoms. The van der Waals surface area contributed by atoms with Crippen LogP contribution in [0.5, 0.6) is 0 Å². The molecule has 0 radical (unpaired) electrons. The van der Waals surface area contributed by atoms with Crippen molar-refractivity contribution in [3.8, 4) is 0 Å². The lowest BCUT2D eigenvalue weighted by Gasteiger charge is -2.21. The number of halogens is 1. The van der Waals surface area contributed by atoms with Crippen molar-refractivity contribution in [2.75, 3.05) is 16.8 Å². The van der Waals surface area contributed by atoms with Crippen LogP contribution in [0.4, 0.5) is 11.5 Å².